The maximum Gasteiger partial charge on any atom is 0.269 e. The number of non-ortho nitro benzene ring substituents is 1. The number of anilines is 1. The largest absolute Gasteiger partial charge is 0.325 e. The van der Waals surface area contributed by atoms with Crippen LogP contribution in [0.1, 0.15) is 19.0 Å². The lowest BCUT2D eigenvalue weighted by atomic mass is 10.2. The molecule has 1 aromatic carbocycles. The average Bonchev–Trinajstić information content (AvgIpc) is 3.03. The molecule has 0 radical (unpaired) electrons. The van der Waals surface area contributed by atoms with Gasteiger partial charge < -0.3 is 5.32 Å². The number of thioether (sulfide) groups is 1. The van der Waals surface area contributed by atoms with Crippen LogP contribution in [0.4, 0.5) is 11.4 Å². The van der Waals surface area contributed by atoms with Gasteiger partial charge in [0.05, 0.1) is 10.7 Å². The first-order valence-electron chi connectivity index (χ1n) is 8.12. The molecule has 1 amide bonds. The molecule has 2 aromatic heterocycles. The van der Waals surface area contributed by atoms with Crippen LogP contribution in [0.3, 0.4) is 0 Å². The molecular formula is C16H16N6O4S. The summed E-state index contributed by atoms with van der Waals surface area (Å²) in [6.07, 6.45) is 1.53. The van der Waals surface area contributed by atoms with Crippen molar-refractivity contribution >= 4 is 34.8 Å². The number of H-pyrrole nitrogens is 1. The molecular weight excluding hydrogens is 372 g/mol. The summed E-state index contributed by atoms with van der Waals surface area (Å²) in [6.45, 7) is 2.00. The maximum absolute atomic E-state index is 12.1. The molecule has 0 unspecified atom stereocenters. The minimum Gasteiger partial charge on any atom is -0.325 e. The van der Waals surface area contributed by atoms with Gasteiger partial charge in [0.2, 0.25) is 11.7 Å². The fourth-order valence-corrected chi connectivity index (χ4v) is 3.26. The van der Waals surface area contributed by atoms with Crippen molar-refractivity contribution in [3.05, 3.63) is 56.5 Å². The molecule has 10 nitrogen and oxygen atoms in total. The normalized spacial score (nSPS) is 10.9. The highest BCUT2D eigenvalue weighted by atomic mass is 32.2. The molecule has 0 saturated carbocycles. The zero-order chi connectivity index (χ0) is 19.4. The molecule has 140 valence electrons. The van der Waals surface area contributed by atoms with Gasteiger partial charge in [-0.15, -0.1) is 10.2 Å². The van der Waals surface area contributed by atoms with Crippen molar-refractivity contribution in [3.8, 4) is 0 Å². The van der Waals surface area contributed by atoms with E-state index in [1.807, 2.05) is 6.92 Å². The molecule has 0 fully saturated rings. The van der Waals surface area contributed by atoms with E-state index in [4.69, 9.17) is 0 Å². The summed E-state index contributed by atoms with van der Waals surface area (Å²) < 4.78 is 1.73. The van der Waals surface area contributed by atoms with Gasteiger partial charge in [-0.3, -0.25) is 29.1 Å². The Morgan fingerprint density at radius 3 is 2.74 bits per heavy atom. The number of nitro groups is 1. The number of carbonyl (C=O) groups excluding carboxylic acids is 1. The van der Waals surface area contributed by atoms with Crippen molar-refractivity contribution in [2.75, 3.05) is 11.1 Å². The molecule has 0 aliphatic rings. The third-order valence-corrected chi connectivity index (χ3v) is 4.58. The molecule has 0 aliphatic carbocycles. The molecule has 0 bridgehead atoms. The first-order valence-corrected chi connectivity index (χ1v) is 9.11. The number of nitrogens with zero attached hydrogens (tertiary/aromatic N) is 4. The lowest BCUT2D eigenvalue weighted by Crippen LogP contribution is -2.15. The number of aromatic nitrogens is 4. The minimum absolute atomic E-state index is 0.0465. The highest BCUT2D eigenvalue weighted by Gasteiger charge is 2.14. The van der Waals surface area contributed by atoms with Crippen molar-refractivity contribution in [3.63, 3.8) is 0 Å². The third-order valence-electron chi connectivity index (χ3n) is 3.65. The molecule has 3 aromatic rings. The number of rotatable bonds is 7. The zero-order valence-corrected chi connectivity index (χ0v) is 15.2. The Labute approximate surface area is 157 Å². The van der Waals surface area contributed by atoms with E-state index in [1.54, 1.807) is 4.40 Å². The van der Waals surface area contributed by atoms with Crippen LogP contribution in [0.25, 0.3) is 5.78 Å². The van der Waals surface area contributed by atoms with Crippen molar-refractivity contribution in [2.45, 2.75) is 24.9 Å². The Bertz CT molecular complexity index is 1040. The van der Waals surface area contributed by atoms with Crippen LogP contribution in [0.5, 0.6) is 0 Å². The van der Waals surface area contributed by atoms with Crippen molar-refractivity contribution < 1.29 is 9.72 Å². The van der Waals surface area contributed by atoms with Gasteiger partial charge in [0, 0.05) is 29.6 Å². The van der Waals surface area contributed by atoms with Gasteiger partial charge in [-0.2, -0.15) is 0 Å². The number of fused-ring (bicyclic) bond motifs is 1. The molecule has 0 aliphatic heterocycles. The van der Waals surface area contributed by atoms with Gasteiger partial charge in [-0.05, 0) is 18.6 Å². The second-order valence-electron chi connectivity index (χ2n) is 5.66. The number of amides is 1. The summed E-state index contributed by atoms with van der Waals surface area (Å²) in [5, 5.41) is 21.8. The first-order chi connectivity index (χ1) is 13.0. The van der Waals surface area contributed by atoms with E-state index in [0.29, 0.717) is 23.0 Å². The summed E-state index contributed by atoms with van der Waals surface area (Å²) in [5.41, 5.74) is 0.952. The lowest BCUT2D eigenvalue weighted by molar-refractivity contribution is -0.384. The van der Waals surface area contributed by atoms with Crippen LogP contribution >= 0.6 is 11.8 Å². The first kappa shape index (κ1) is 18.6. The molecule has 0 saturated heterocycles. The average molecular weight is 388 g/mol. The van der Waals surface area contributed by atoms with Crippen LogP contribution in [-0.4, -0.2) is 36.2 Å². The molecule has 2 N–H and O–H groups in total. The lowest BCUT2D eigenvalue weighted by Gasteiger charge is -2.06. The topological polar surface area (TPSA) is 135 Å². The molecule has 3 rings (SSSR count). The van der Waals surface area contributed by atoms with E-state index in [9.17, 15) is 19.7 Å². The van der Waals surface area contributed by atoms with Gasteiger partial charge >= 0.3 is 0 Å². The SMILES string of the molecule is CCCc1cc(=O)[nH]c2nnc(SCC(=O)Nc3ccc([N+](=O)[O-])cc3)n12. The van der Waals surface area contributed by atoms with E-state index in [1.165, 1.54) is 42.1 Å². The van der Waals surface area contributed by atoms with Crippen molar-refractivity contribution in [2.24, 2.45) is 0 Å². The van der Waals surface area contributed by atoms with E-state index >= 15 is 0 Å². The van der Waals surface area contributed by atoms with Gasteiger partial charge in [-0.25, -0.2) is 0 Å². The second kappa shape index (κ2) is 7.99. The number of hydrogen-bond donors (Lipinski definition) is 2. The number of carbonyl (C=O) groups is 1. The van der Waals surface area contributed by atoms with Crippen LogP contribution in [-0.2, 0) is 11.2 Å². The van der Waals surface area contributed by atoms with Crippen LogP contribution < -0.4 is 10.9 Å². The Morgan fingerprint density at radius 2 is 2.07 bits per heavy atom. The summed E-state index contributed by atoms with van der Waals surface area (Å²) in [7, 11) is 0. The predicted molar refractivity (Wildman–Crippen MR) is 100 cm³/mol. The van der Waals surface area contributed by atoms with E-state index in [0.717, 1.165) is 12.1 Å². The molecule has 11 heteroatoms. The highest BCUT2D eigenvalue weighted by molar-refractivity contribution is 7.99. The number of aryl methyl sites for hydroxylation is 1. The summed E-state index contributed by atoms with van der Waals surface area (Å²) in [4.78, 5) is 36.6. The van der Waals surface area contributed by atoms with Crippen molar-refractivity contribution in [1.82, 2.24) is 19.6 Å². The number of nitrogens with one attached hydrogen (secondary N) is 2. The number of aromatic amines is 1. The van der Waals surface area contributed by atoms with Crippen molar-refractivity contribution in [1.29, 1.82) is 0 Å². The van der Waals surface area contributed by atoms with E-state index < -0.39 is 4.92 Å². The third kappa shape index (κ3) is 4.31. The van der Waals surface area contributed by atoms with E-state index in [-0.39, 0.29) is 22.9 Å². The quantitative estimate of drug-likeness (QED) is 0.359. The number of nitro benzene ring substituents is 1. The maximum atomic E-state index is 12.1. The molecule has 2 heterocycles. The molecule has 0 atom stereocenters. The Balaban J connectivity index is 1.70. The minimum atomic E-state index is -0.504. The van der Waals surface area contributed by atoms with Crippen LogP contribution in [0, 0.1) is 10.1 Å². The zero-order valence-electron chi connectivity index (χ0n) is 14.3. The number of hydrogen-bond acceptors (Lipinski definition) is 7. The predicted octanol–water partition coefficient (Wildman–Crippen LogP) is 2.01. The van der Waals surface area contributed by atoms with Gasteiger partial charge in [0.25, 0.3) is 11.2 Å². The standard InChI is InChI=1S/C16H16N6O4S/c1-2-3-12-8-13(23)18-15-19-20-16(21(12)15)27-9-14(24)17-10-4-6-11(7-5-10)22(25)26/h4-8H,2-3,9H2,1H3,(H,17,24)(H,18,19,23). The Morgan fingerprint density at radius 1 is 1.33 bits per heavy atom. The Kier molecular flexibility index (Phi) is 5.50. The number of benzene rings is 1. The second-order valence-corrected chi connectivity index (χ2v) is 6.60. The fraction of sp³-hybridized carbons (Fsp3) is 0.250. The monoisotopic (exact) mass is 388 g/mol. The fourth-order valence-electron chi connectivity index (χ4n) is 2.50. The smallest absolute Gasteiger partial charge is 0.269 e. The van der Waals surface area contributed by atoms with Crippen LogP contribution in [0.2, 0.25) is 0 Å². The van der Waals surface area contributed by atoms with Gasteiger partial charge in [0.15, 0.2) is 5.16 Å². The highest BCUT2D eigenvalue weighted by Crippen LogP contribution is 2.19. The van der Waals surface area contributed by atoms with Crippen LogP contribution in [0.15, 0.2) is 40.3 Å². The summed E-state index contributed by atoms with van der Waals surface area (Å²) in [5.74, 6) is 0.124. The molecule has 0 spiro atoms. The Hall–Kier alpha value is -3.21. The van der Waals surface area contributed by atoms with E-state index in [2.05, 4.69) is 20.5 Å². The molecule has 27 heavy (non-hydrogen) atoms. The van der Waals surface area contributed by atoms with Gasteiger partial charge in [0.1, 0.15) is 0 Å². The summed E-state index contributed by atoms with van der Waals surface area (Å²) in [6, 6.07) is 7.08. The summed E-state index contributed by atoms with van der Waals surface area (Å²) >= 11 is 1.18. The van der Waals surface area contributed by atoms with Gasteiger partial charge in [-0.1, -0.05) is 25.1 Å².